The first-order valence-corrected chi connectivity index (χ1v) is 11.7. The maximum atomic E-state index is 12.6. The quantitative estimate of drug-likeness (QED) is 0.493. The van der Waals surface area contributed by atoms with Crippen molar-refractivity contribution in [2.45, 2.75) is 52.2 Å². The molecule has 0 radical (unpaired) electrons. The van der Waals surface area contributed by atoms with Crippen molar-refractivity contribution in [2.24, 2.45) is 0 Å². The van der Waals surface area contributed by atoms with Gasteiger partial charge in [0.1, 0.15) is 0 Å². The van der Waals surface area contributed by atoms with Crippen LogP contribution in [-0.4, -0.2) is 19.4 Å². The van der Waals surface area contributed by atoms with E-state index in [1.54, 1.807) is 18.3 Å². The Balaban J connectivity index is 1.80. The molecule has 0 aliphatic rings. The van der Waals surface area contributed by atoms with E-state index in [1.165, 1.54) is 0 Å². The van der Waals surface area contributed by atoms with Crippen LogP contribution in [0, 0.1) is 6.92 Å². The Morgan fingerprint density at radius 1 is 1.00 bits per heavy atom. The molecule has 0 saturated heterocycles. The Hall–Kier alpha value is -2.80. The molecule has 1 heterocycles. The first kappa shape index (κ1) is 21.9. The molecule has 2 amide bonds. The van der Waals surface area contributed by atoms with Crippen molar-refractivity contribution in [1.29, 1.82) is 0 Å². The predicted octanol–water partition coefficient (Wildman–Crippen LogP) is 5.37. The first-order chi connectivity index (χ1) is 14.1. The summed E-state index contributed by atoms with van der Waals surface area (Å²) in [5, 5.41) is 3.73. The summed E-state index contributed by atoms with van der Waals surface area (Å²) in [5.41, 5.74) is 5.33. The van der Waals surface area contributed by atoms with Crippen LogP contribution in [0.3, 0.4) is 0 Å². The molecule has 6 nitrogen and oxygen atoms in total. The van der Waals surface area contributed by atoms with E-state index < -0.39 is 16.1 Å². The predicted molar refractivity (Wildman–Crippen MR) is 122 cm³/mol. The third kappa shape index (κ3) is 5.02. The SMILES string of the molecule is Cc1cc(C(C)C)c(NC(=O)NS(=O)(=O)Cc2ccc3[nH]ccc3c2)c(C(C)C)c1. The molecule has 7 heteroatoms. The van der Waals surface area contributed by atoms with Crippen LogP contribution in [0.2, 0.25) is 0 Å². The Bertz CT molecular complexity index is 1150. The van der Waals surface area contributed by atoms with Crippen LogP contribution in [-0.2, 0) is 15.8 Å². The second-order valence-electron chi connectivity index (χ2n) is 8.34. The van der Waals surface area contributed by atoms with Gasteiger partial charge in [0, 0.05) is 17.4 Å². The summed E-state index contributed by atoms with van der Waals surface area (Å²) in [6.45, 7) is 10.2. The van der Waals surface area contributed by atoms with Gasteiger partial charge in [0.15, 0.2) is 0 Å². The smallest absolute Gasteiger partial charge is 0.332 e. The normalized spacial score (nSPS) is 12.0. The van der Waals surface area contributed by atoms with Crippen molar-refractivity contribution >= 4 is 32.6 Å². The number of aromatic nitrogens is 1. The van der Waals surface area contributed by atoms with Crippen molar-refractivity contribution in [3.8, 4) is 0 Å². The zero-order chi connectivity index (χ0) is 22.1. The molecule has 0 spiro atoms. The van der Waals surface area contributed by atoms with Crippen molar-refractivity contribution in [3.63, 3.8) is 0 Å². The first-order valence-electron chi connectivity index (χ1n) is 10.1. The second-order valence-corrected chi connectivity index (χ2v) is 10.1. The van der Waals surface area contributed by atoms with E-state index in [9.17, 15) is 13.2 Å². The number of hydrogen-bond acceptors (Lipinski definition) is 3. The fraction of sp³-hybridized carbons (Fsp3) is 0.348. The molecule has 0 unspecified atom stereocenters. The fourth-order valence-corrected chi connectivity index (χ4v) is 4.65. The van der Waals surface area contributed by atoms with Crippen LogP contribution in [0.1, 0.15) is 61.8 Å². The van der Waals surface area contributed by atoms with Gasteiger partial charge in [-0.25, -0.2) is 17.9 Å². The summed E-state index contributed by atoms with van der Waals surface area (Å²) in [6.07, 6.45) is 1.80. The van der Waals surface area contributed by atoms with Crippen LogP contribution in [0.5, 0.6) is 0 Å². The summed E-state index contributed by atoms with van der Waals surface area (Å²) in [5.74, 6) is 0.0912. The highest BCUT2D eigenvalue weighted by Crippen LogP contribution is 2.33. The van der Waals surface area contributed by atoms with Crippen molar-refractivity contribution in [1.82, 2.24) is 9.71 Å². The van der Waals surface area contributed by atoms with Gasteiger partial charge in [0.05, 0.1) is 5.75 Å². The van der Waals surface area contributed by atoms with E-state index in [2.05, 4.69) is 42.7 Å². The standard InChI is InChI=1S/C23H29N3O3S/c1-14(2)19-10-16(5)11-20(15(3)4)22(19)25-23(27)26-30(28,29)13-17-6-7-21-18(12-17)8-9-24-21/h6-12,14-15,24H,13H2,1-5H3,(H2,25,26,27). The van der Waals surface area contributed by atoms with Gasteiger partial charge >= 0.3 is 6.03 Å². The lowest BCUT2D eigenvalue weighted by Crippen LogP contribution is -2.35. The third-order valence-electron chi connectivity index (χ3n) is 5.05. The molecule has 2 aromatic carbocycles. The molecule has 3 aromatic rings. The number of nitrogens with one attached hydrogen (secondary N) is 3. The minimum Gasteiger partial charge on any atom is -0.361 e. The molecule has 0 saturated carbocycles. The molecule has 160 valence electrons. The number of carbonyl (C=O) groups is 1. The average Bonchev–Trinajstić information content (AvgIpc) is 3.09. The van der Waals surface area contributed by atoms with E-state index in [0.29, 0.717) is 11.3 Å². The molecule has 0 aliphatic carbocycles. The molecule has 0 atom stereocenters. The largest absolute Gasteiger partial charge is 0.361 e. The minimum atomic E-state index is -3.85. The number of aromatic amines is 1. The highest BCUT2D eigenvalue weighted by Gasteiger charge is 2.20. The molecule has 0 bridgehead atoms. The molecular formula is C23H29N3O3S. The van der Waals surface area contributed by atoms with Gasteiger partial charge in [-0.2, -0.15) is 0 Å². The van der Waals surface area contributed by atoms with Gasteiger partial charge < -0.3 is 10.3 Å². The number of carbonyl (C=O) groups excluding carboxylic acids is 1. The van der Waals surface area contributed by atoms with E-state index in [1.807, 2.05) is 31.2 Å². The molecule has 1 aromatic heterocycles. The number of benzene rings is 2. The summed E-state index contributed by atoms with van der Waals surface area (Å²) in [6, 6.07) is 10.6. The summed E-state index contributed by atoms with van der Waals surface area (Å²) >= 11 is 0. The monoisotopic (exact) mass is 427 g/mol. The highest BCUT2D eigenvalue weighted by atomic mass is 32.2. The van der Waals surface area contributed by atoms with E-state index >= 15 is 0 Å². The summed E-state index contributed by atoms with van der Waals surface area (Å²) in [4.78, 5) is 15.7. The van der Waals surface area contributed by atoms with Gasteiger partial charge in [-0.05, 0) is 59.0 Å². The molecule has 3 rings (SSSR count). The lowest BCUT2D eigenvalue weighted by atomic mass is 9.90. The lowest BCUT2D eigenvalue weighted by molar-refractivity contribution is 0.256. The third-order valence-corrected chi connectivity index (χ3v) is 6.26. The maximum Gasteiger partial charge on any atom is 0.332 e. The van der Waals surface area contributed by atoms with Gasteiger partial charge in [0.25, 0.3) is 0 Å². The second kappa shape index (κ2) is 8.52. The number of fused-ring (bicyclic) bond motifs is 1. The molecule has 0 aliphatic heterocycles. The topological polar surface area (TPSA) is 91.1 Å². The van der Waals surface area contributed by atoms with Crippen LogP contribution < -0.4 is 10.0 Å². The highest BCUT2D eigenvalue weighted by molar-refractivity contribution is 7.89. The summed E-state index contributed by atoms with van der Waals surface area (Å²) < 4.78 is 27.3. The molecule has 0 fully saturated rings. The molecule has 30 heavy (non-hydrogen) atoms. The van der Waals surface area contributed by atoms with Crippen molar-refractivity contribution < 1.29 is 13.2 Å². The molecular weight excluding hydrogens is 398 g/mol. The van der Waals surface area contributed by atoms with Crippen molar-refractivity contribution in [3.05, 3.63) is 64.8 Å². The Kier molecular flexibility index (Phi) is 6.22. The number of H-pyrrole nitrogens is 1. The Labute approximate surface area is 178 Å². The van der Waals surface area contributed by atoms with Gasteiger partial charge in [-0.3, -0.25) is 0 Å². The number of amides is 2. The van der Waals surface area contributed by atoms with Crippen LogP contribution in [0.4, 0.5) is 10.5 Å². The number of anilines is 1. The maximum absolute atomic E-state index is 12.6. The van der Waals surface area contributed by atoms with E-state index in [-0.39, 0.29) is 17.6 Å². The van der Waals surface area contributed by atoms with Gasteiger partial charge in [-0.15, -0.1) is 0 Å². The Morgan fingerprint density at radius 3 is 2.23 bits per heavy atom. The molecule has 3 N–H and O–H groups in total. The number of sulfonamides is 1. The lowest BCUT2D eigenvalue weighted by Gasteiger charge is -2.21. The fourth-order valence-electron chi connectivity index (χ4n) is 3.63. The van der Waals surface area contributed by atoms with E-state index in [4.69, 9.17) is 0 Å². The Morgan fingerprint density at radius 2 is 1.63 bits per heavy atom. The van der Waals surface area contributed by atoms with E-state index in [0.717, 1.165) is 27.6 Å². The number of hydrogen-bond donors (Lipinski definition) is 3. The van der Waals surface area contributed by atoms with Gasteiger partial charge in [0.2, 0.25) is 10.0 Å². The average molecular weight is 428 g/mol. The van der Waals surface area contributed by atoms with Crippen LogP contribution in [0.25, 0.3) is 10.9 Å². The minimum absolute atomic E-state index is 0.183. The number of rotatable bonds is 6. The van der Waals surface area contributed by atoms with Crippen LogP contribution in [0.15, 0.2) is 42.6 Å². The van der Waals surface area contributed by atoms with Gasteiger partial charge in [-0.1, -0.05) is 51.5 Å². The summed E-state index contributed by atoms with van der Waals surface area (Å²) in [7, 11) is -3.85. The zero-order valence-corrected chi connectivity index (χ0v) is 18.9. The van der Waals surface area contributed by atoms with Crippen molar-refractivity contribution in [2.75, 3.05) is 5.32 Å². The number of urea groups is 1. The zero-order valence-electron chi connectivity index (χ0n) is 18.0. The van der Waals surface area contributed by atoms with Crippen LogP contribution >= 0.6 is 0 Å². The number of aryl methyl sites for hydroxylation is 1.